The number of nitro groups is 1. The van der Waals surface area contributed by atoms with Gasteiger partial charge in [0.15, 0.2) is 11.5 Å². The number of non-ortho nitro benzene ring substituents is 1. The molecule has 0 spiro atoms. The van der Waals surface area contributed by atoms with Crippen LogP contribution in [-0.4, -0.2) is 23.1 Å². The zero-order valence-electron chi connectivity index (χ0n) is 18.9. The lowest BCUT2D eigenvalue weighted by Gasteiger charge is -2.16. The van der Waals surface area contributed by atoms with E-state index in [9.17, 15) is 20.2 Å². The molecule has 0 radical (unpaired) electrons. The van der Waals surface area contributed by atoms with E-state index in [-0.39, 0.29) is 17.9 Å². The van der Waals surface area contributed by atoms with Crippen molar-refractivity contribution < 1.29 is 24.3 Å². The predicted octanol–water partition coefficient (Wildman–Crippen LogP) is 5.67. The summed E-state index contributed by atoms with van der Waals surface area (Å²) < 4.78 is 11.6. The van der Waals surface area contributed by atoms with Crippen molar-refractivity contribution in [3.8, 4) is 17.6 Å². The van der Waals surface area contributed by atoms with Crippen molar-refractivity contribution in [1.29, 1.82) is 5.26 Å². The third kappa shape index (κ3) is 6.12. The predicted molar refractivity (Wildman–Crippen MR) is 131 cm³/mol. The van der Waals surface area contributed by atoms with Gasteiger partial charge in [0.1, 0.15) is 6.61 Å². The molecule has 0 unspecified atom stereocenters. The molecule has 0 aliphatic heterocycles. The number of benzene rings is 3. The van der Waals surface area contributed by atoms with Gasteiger partial charge in [0.2, 0.25) is 0 Å². The minimum absolute atomic E-state index is 0.0555. The van der Waals surface area contributed by atoms with Gasteiger partial charge in [-0.15, -0.1) is 6.58 Å². The highest BCUT2D eigenvalue weighted by molar-refractivity contribution is 5.90. The summed E-state index contributed by atoms with van der Waals surface area (Å²) in [6.07, 6.45) is 3.87. The van der Waals surface area contributed by atoms with Crippen molar-refractivity contribution in [2.45, 2.75) is 13.0 Å². The Balaban J connectivity index is 1.93. The lowest BCUT2D eigenvalue weighted by atomic mass is 10.0. The van der Waals surface area contributed by atoms with Gasteiger partial charge < -0.3 is 14.6 Å². The SMILES string of the molecule is C=CCc1cc(/C=C(\C#N)c2ccc([N+](=O)[O-])cc2)cc(OC)c1OCc1ccc(C(=O)O)cc1. The van der Waals surface area contributed by atoms with E-state index in [0.717, 1.165) is 11.1 Å². The molecule has 176 valence electrons. The van der Waals surface area contributed by atoms with Gasteiger partial charge in [0, 0.05) is 17.7 Å². The minimum Gasteiger partial charge on any atom is -0.493 e. The standard InChI is InChI=1S/C27H22N2O6/c1-3-4-22-13-19(14-23(16-28)20-9-11-24(12-10-20)29(32)33)15-25(34-2)26(22)35-17-18-5-7-21(8-6-18)27(30)31/h3,5-15H,1,4,17H2,2H3,(H,30,31)/b23-14+. The van der Waals surface area contributed by atoms with Crippen LogP contribution in [0, 0.1) is 21.4 Å². The molecule has 0 aliphatic rings. The van der Waals surface area contributed by atoms with Gasteiger partial charge in [-0.2, -0.15) is 5.26 Å². The Morgan fingerprint density at radius 2 is 1.80 bits per heavy atom. The number of allylic oxidation sites excluding steroid dienone is 2. The maximum absolute atomic E-state index is 11.0. The van der Waals surface area contributed by atoms with Gasteiger partial charge in [-0.05, 0) is 65.6 Å². The molecule has 8 heteroatoms. The topological polar surface area (TPSA) is 123 Å². The van der Waals surface area contributed by atoms with Crippen molar-refractivity contribution in [3.05, 3.63) is 111 Å². The molecule has 8 nitrogen and oxygen atoms in total. The molecule has 0 saturated carbocycles. The fourth-order valence-corrected chi connectivity index (χ4v) is 3.40. The number of carbonyl (C=O) groups is 1. The van der Waals surface area contributed by atoms with Crippen LogP contribution in [0.1, 0.15) is 32.6 Å². The number of carboxylic acid groups (broad SMARTS) is 1. The molecule has 3 aromatic carbocycles. The second kappa shape index (κ2) is 11.3. The molecule has 0 fully saturated rings. The summed E-state index contributed by atoms with van der Waals surface area (Å²) in [7, 11) is 1.51. The Morgan fingerprint density at radius 3 is 2.34 bits per heavy atom. The number of hydrogen-bond donors (Lipinski definition) is 1. The highest BCUT2D eigenvalue weighted by Crippen LogP contribution is 2.35. The fraction of sp³-hybridized carbons (Fsp3) is 0.111. The number of ether oxygens (including phenoxy) is 2. The molecule has 0 aliphatic carbocycles. The van der Waals surface area contributed by atoms with Crippen LogP contribution in [0.25, 0.3) is 11.6 Å². The van der Waals surface area contributed by atoms with E-state index in [1.54, 1.807) is 30.4 Å². The Bertz CT molecular complexity index is 1320. The molecule has 3 rings (SSSR count). The van der Waals surface area contributed by atoms with E-state index in [0.29, 0.717) is 34.6 Å². The van der Waals surface area contributed by atoms with Crippen LogP contribution in [0.5, 0.6) is 11.5 Å². The average molecular weight is 470 g/mol. The molecule has 1 N–H and O–H groups in total. The van der Waals surface area contributed by atoms with E-state index in [4.69, 9.17) is 14.6 Å². The van der Waals surface area contributed by atoms with Crippen LogP contribution in [0.15, 0.2) is 73.3 Å². The first-order chi connectivity index (χ1) is 16.9. The highest BCUT2D eigenvalue weighted by Gasteiger charge is 2.14. The minimum atomic E-state index is -0.999. The summed E-state index contributed by atoms with van der Waals surface area (Å²) in [5.41, 5.74) is 3.28. The molecule has 3 aromatic rings. The van der Waals surface area contributed by atoms with E-state index in [1.165, 1.54) is 43.5 Å². The number of aromatic carboxylic acids is 1. The molecule has 0 aromatic heterocycles. The normalized spacial score (nSPS) is 10.8. The van der Waals surface area contributed by atoms with E-state index >= 15 is 0 Å². The smallest absolute Gasteiger partial charge is 0.335 e. The number of nitrogens with zero attached hydrogens (tertiary/aromatic N) is 2. The third-order valence-corrected chi connectivity index (χ3v) is 5.14. The van der Waals surface area contributed by atoms with Crippen LogP contribution >= 0.6 is 0 Å². The number of carboxylic acids is 1. The lowest BCUT2D eigenvalue weighted by Crippen LogP contribution is -2.03. The van der Waals surface area contributed by atoms with Crippen molar-refractivity contribution in [2.24, 2.45) is 0 Å². The number of rotatable bonds is 10. The molecular formula is C27H22N2O6. The summed E-state index contributed by atoms with van der Waals surface area (Å²) in [6.45, 7) is 4.00. The monoisotopic (exact) mass is 470 g/mol. The largest absolute Gasteiger partial charge is 0.493 e. The Hall–Kier alpha value is -4.90. The van der Waals surface area contributed by atoms with E-state index < -0.39 is 10.9 Å². The van der Waals surface area contributed by atoms with Crippen LogP contribution in [-0.2, 0) is 13.0 Å². The maximum atomic E-state index is 11.0. The van der Waals surface area contributed by atoms with Crippen molar-refractivity contribution in [1.82, 2.24) is 0 Å². The van der Waals surface area contributed by atoms with Crippen LogP contribution in [0.2, 0.25) is 0 Å². The van der Waals surface area contributed by atoms with Gasteiger partial charge in [-0.25, -0.2) is 4.79 Å². The van der Waals surface area contributed by atoms with Crippen LogP contribution < -0.4 is 9.47 Å². The molecule has 35 heavy (non-hydrogen) atoms. The molecule has 0 atom stereocenters. The van der Waals surface area contributed by atoms with Gasteiger partial charge >= 0.3 is 5.97 Å². The molecule has 0 heterocycles. The van der Waals surface area contributed by atoms with Gasteiger partial charge in [0.25, 0.3) is 5.69 Å². The molecule has 0 amide bonds. The molecule has 0 saturated heterocycles. The second-order valence-electron chi connectivity index (χ2n) is 7.47. The highest BCUT2D eigenvalue weighted by atomic mass is 16.6. The maximum Gasteiger partial charge on any atom is 0.335 e. The van der Waals surface area contributed by atoms with E-state index in [1.807, 2.05) is 6.07 Å². The second-order valence-corrected chi connectivity index (χ2v) is 7.47. The quantitative estimate of drug-likeness (QED) is 0.133. The summed E-state index contributed by atoms with van der Waals surface area (Å²) in [4.78, 5) is 21.4. The number of nitro benzene ring substituents is 1. The van der Waals surface area contributed by atoms with Crippen LogP contribution in [0.4, 0.5) is 5.69 Å². The van der Waals surface area contributed by atoms with Gasteiger partial charge in [-0.1, -0.05) is 18.2 Å². The van der Waals surface area contributed by atoms with Crippen molar-refractivity contribution >= 4 is 23.3 Å². The molecular weight excluding hydrogens is 448 g/mol. The first-order valence-corrected chi connectivity index (χ1v) is 10.5. The van der Waals surface area contributed by atoms with Gasteiger partial charge in [0.05, 0.1) is 29.2 Å². The summed E-state index contributed by atoms with van der Waals surface area (Å²) in [5.74, 6) is -0.0269. The number of nitriles is 1. The zero-order chi connectivity index (χ0) is 25.4. The number of methoxy groups -OCH3 is 1. The first-order valence-electron chi connectivity index (χ1n) is 10.5. The fourth-order valence-electron chi connectivity index (χ4n) is 3.40. The zero-order valence-corrected chi connectivity index (χ0v) is 18.9. The Labute approximate surface area is 202 Å². The van der Waals surface area contributed by atoms with Crippen molar-refractivity contribution in [2.75, 3.05) is 7.11 Å². The first kappa shape index (κ1) is 24.7. The van der Waals surface area contributed by atoms with Crippen molar-refractivity contribution in [3.63, 3.8) is 0 Å². The Morgan fingerprint density at radius 1 is 1.14 bits per heavy atom. The van der Waals surface area contributed by atoms with Crippen LogP contribution in [0.3, 0.4) is 0 Å². The summed E-state index contributed by atoms with van der Waals surface area (Å²) in [6, 6.07) is 17.9. The van der Waals surface area contributed by atoms with E-state index in [2.05, 4.69) is 12.6 Å². The molecule has 0 bridgehead atoms. The Kier molecular flexibility index (Phi) is 7.98. The summed E-state index contributed by atoms with van der Waals surface area (Å²) in [5, 5.41) is 29.6. The third-order valence-electron chi connectivity index (χ3n) is 5.14. The van der Waals surface area contributed by atoms with Gasteiger partial charge in [-0.3, -0.25) is 10.1 Å². The summed E-state index contributed by atoms with van der Waals surface area (Å²) >= 11 is 0. The average Bonchev–Trinajstić information content (AvgIpc) is 2.86. The lowest BCUT2D eigenvalue weighted by molar-refractivity contribution is -0.384. The number of hydrogen-bond acceptors (Lipinski definition) is 6.